The van der Waals surface area contributed by atoms with E-state index in [2.05, 4.69) is 24.5 Å². The highest BCUT2D eigenvalue weighted by molar-refractivity contribution is 5.82. The number of likely N-dealkylation sites (N-methyl/N-ethyl adjacent to an activating group) is 1. The minimum Gasteiger partial charge on any atom is -0.350 e. The highest BCUT2D eigenvalue weighted by Crippen LogP contribution is 2.18. The molecule has 3 nitrogen and oxygen atoms in total. The van der Waals surface area contributed by atoms with E-state index in [4.69, 9.17) is 0 Å². The second-order valence-corrected chi connectivity index (χ2v) is 4.11. The van der Waals surface area contributed by atoms with Crippen molar-refractivity contribution in [1.29, 1.82) is 0 Å². The highest BCUT2D eigenvalue weighted by Gasteiger charge is 2.28. The normalized spacial score (nSPS) is 29.2. The predicted molar refractivity (Wildman–Crippen MR) is 48.9 cm³/mol. The Morgan fingerprint density at radius 1 is 1.58 bits per heavy atom. The first kappa shape index (κ1) is 9.52. The minimum atomic E-state index is -0.0251. The summed E-state index contributed by atoms with van der Waals surface area (Å²) < 4.78 is 0. The number of amides is 1. The molecule has 1 amide bonds. The lowest BCUT2D eigenvalue weighted by Crippen LogP contribution is -2.48. The van der Waals surface area contributed by atoms with Crippen LogP contribution in [-0.2, 0) is 4.79 Å². The van der Waals surface area contributed by atoms with Gasteiger partial charge in [0, 0.05) is 5.54 Å². The molecule has 3 heteroatoms. The second-order valence-electron chi connectivity index (χ2n) is 4.11. The molecule has 1 aliphatic heterocycles. The Hall–Kier alpha value is -0.570. The lowest BCUT2D eigenvalue weighted by atomic mass is 9.99. The van der Waals surface area contributed by atoms with Gasteiger partial charge in [0.2, 0.25) is 5.91 Å². The third-order valence-corrected chi connectivity index (χ3v) is 2.42. The number of hydrogen-bond donors (Lipinski definition) is 2. The van der Waals surface area contributed by atoms with Gasteiger partial charge in [-0.15, -0.1) is 0 Å². The van der Waals surface area contributed by atoms with E-state index in [0.717, 1.165) is 19.3 Å². The van der Waals surface area contributed by atoms with Crippen molar-refractivity contribution in [1.82, 2.24) is 10.6 Å². The summed E-state index contributed by atoms with van der Waals surface area (Å²) >= 11 is 0. The molecule has 1 aliphatic rings. The average Bonchev–Trinajstić information content (AvgIpc) is 2.07. The van der Waals surface area contributed by atoms with E-state index in [0.29, 0.717) is 0 Å². The molecular formula is C9H18N2O. The van der Waals surface area contributed by atoms with E-state index in [1.54, 1.807) is 0 Å². The fourth-order valence-electron chi connectivity index (χ4n) is 1.64. The Morgan fingerprint density at radius 2 is 2.25 bits per heavy atom. The maximum atomic E-state index is 11.5. The van der Waals surface area contributed by atoms with Crippen molar-refractivity contribution in [2.75, 3.05) is 7.05 Å². The first-order chi connectivity index (χ1) is 5.55. The Labute approximate surface area is 73.9 Å². The zero-order valence-electron chi connectivity index (χ0n) is 8.11. The van der Waals surface area contributed by atoms with E-state index < -0.39 is 0 Å². The van der Waals surface area contributed by atoms with E-state index >= 15 is 0 Å². The fraction of sp³-hybridized carbons (Fsp3) is 0.889. The molecular weight excluding hydrogens is 152 g/mol. The summed E-state index contributed by atoms with van der Waals surface area (Å²) in [4.78, 5) is 11.5. The quantitative estimate of drug-likeness (QED) is 0.607. The van der Waals surface area contributed by atoms with Crippen LogP contribution in [0.2, 0.25) is 0 Å². The molecule has 0 radical (unpaired) electrons. The summed E-state index contributed by atoms with van der Waals surface area (Å²) in [5.41, 5.74) is -0.0251. The van der Waals surface area contributed by atoms with Crippen LogP contribution in [0.1, 0.15) is 33.1 Å². The lowest BCUT2D eigenvalue weighted by Gasteiger charge is -2.24. The van der Waals surface area contributed by atoms with Crippen LogP contribution in [-0.4, -0.2) is 24.5 Å². The third-order valence-electron chi connectivity index (χ3n) is 2.42. The summed E-state index contributed by atoms with van der Waals surface area (Å²) in [6.45, 7) is 4.14. The van der Waals surface area contributed by atoms with Crippen LogP contribution in [0.3, 0.4) is 0 Å². The smallest absolute Gasteiger partial charge is 0.237 e. The third kappa shape index (κ3) is 2.21. The summed E-state index contributed by atoms with van der Waals surface area (Å²) in [5.74, 6) is 0.139. The lowest BCUT2D eigenvalue weighted by molar-refractivity contribution is -0.124. The van der Waals surface area contributed by atoms with Crippen molar-refractivity contribution in [2.45, 2.75) is 44.7 Å². The zero-order chi connectivity index (χ0) is 9.19. The number of rotatable bonds is 1. The summed E-state index contributed by atoms with van der Waals surface area (Å²) in [6, 6.07) is 0.00627. The molecule has 0 unspecified atom stereocenters. The Kier molecular flexibility index (Phi) is 2.73. The summed E-state index contributed by atoms with van der Waals surface area (Å²) in [6.07, 6.45) is 3.12. The van der Waals surface area contributed by atoms with E-state index in [1.165, 1.54) is 0 Å². The van der Waals surface area contributed by atoms with Gasteiger partial charge in [-0.2, -0.15) is 0 Å². The van der Waals surface area contributed by atoms with E-state index in [-0.39, 0.29) is 17.5 Å². The summed E-state index contributed by atoms with van der Waals surface area (Å²) in [7, 11) is 1.84. The van der Waals surface area contributed by atoms with E-state index in [9.17, 15) is 4.79 Å². The topological polar surface area (TPSA) is 41.1 Å². The van der Waals surface area contributed by atoms with E-state index in [1.807, 2.05) is 7.05 Å². The van der Waals surface area contributed by atoms with Gasteiger partial charge in [-0.3, -0.25) is 4.79 Å². The van der Waals surface area contributed by atoms with Gasteiger partial charge in [-0.1, -0.05) is 0 Å². The Morgan fingerprint density at radius 3 is 2.83 bits per heavy atom. The van der Waals surface area contributed by atoms with Crippen LogP contribution >= 0.6 is 0 Å². The maximum Gasteiger partial charge on any atom is 0.237 e. The fourth-order valence-corrected chi connectivity index (χ4v) is 1.64. The van der Waals surface area contributed by atoms with Gasteiger partial charge >= 0.3 is 0 Å². The molecule has 0 aromatic carbocycles. The molecule has 1 rings (SSSR count). The number of carbonyl (C=O) groups excluding carboxylic acids is 1. The minimum absolute atomic E-state index is 0.00627. The molecule has 1 heterocycles. The van der Waals surface area contributed by atoms with Crippen molar-refractivity contribution in [3.05, 3.63) is 0 Å². The van der Waals surface area contributed by atoms with Gasteiger partial charge in [0.05, 0.1) is 6.04 Å². The molecule has 0 aromatic heterocycles. The molecule has 1 fully saturated rings. The van der Waals surface area contributed by atoms with Crippen molar-refractivity contribution in [3.8, 4) is 0 Å². The molecule has 0 aliphatic carbocycles. The van der Waals surface area contributed by atoms with Gasteiger partial charge in [0.15, 0.2) is 0 Å². The van der Waals surface area contributed by atoms with Crippen molar-refractivity contribution in [3.63, 3.8) is 0 Å². The standard InChI is InChI=1S/C9H18N2O/c1-9(2)6-4-5-7(10-3)8(12)11-9/h7,10H,4-6H2,1-3H3,(H,11,12)/t7-/m0/s1. The zero-order valence-corrected chi connectivity index (χ0v) is 8.11. The SMILES string of the molecule is CN[C@H]1CCCC(C)(C)NC1=O. The Bertz CT molecular complexity index is 177. The van der Waals surface area contributed by atoms with Gasteiger partial charge in [0.25, 0.3) is 0 Å². The number of hydrogen-bond acceptors (Lipinski definition) is 2. The predicted octanol–water partition coefficient (Wildman–Crippen LogP) is 0.653. The molecule has 0 saturated carbocycles. The van der Waals surface area contributed by atoms with Crippen LogP contribution in [0, 0.1) is 0 Å². The van der Waals surface area contributed by atoms with Crippen LogP contribution in [0.5, 0.6) is 0 Å². The van der Waals surface area contributed by atoms with Crippen molar-refractivity contribution >= 4 is 5.91 Å². The maximum absolute atomic E-state index is 11.5. The highest BCUT2D eigenvalue weighted by atomic mass is 16.2. The molecule has 2 N–H and O–H groups in total. The molecule has 1 atom stereocenters. The van der Waals surface area contributed by atoms with Gasteiger partial charge < -0.3 is 10.6 Å². The second kappa shape index (κ2) is 3.44. The largest absolute Gasteiger partial charge is 0.350 e. The van der Waals surface area contributed by atoms with Crippen molar-refractivity contribution in [2.24, 2.45) is 0 Å². The van der Waals surface area contributed by atoms with Crippen LogP contribution in [0.25, 0.3) is 0 Å². The van der Waals surface area contributed by atoms with Gasteiger partial charge in [-0.05, 0) is 40.2 Å². The first-order valence-electron chi connectivity index (χ1n) is 4.54. The molecule has 0 bridgehead atoms. The average molecular weight is 170 g/mol. The van der Waals surface area contributed by atoms with Crippen LogP contribution in [0.4, 0.5) is 0 Å². The molecule has 12 heavy (non-hydrogen) atoms. The molecule has 1 saturated heterocycles. The van der Waals surface area contributed by atoms with Gasteiger partial charge in [-0.25, -0.2) is 0 Å². The van der Waals surface area contributed by atoms with Crippen molar-refractivity contribution < 1.29 is 4.79 Å². The summed E-state index contributed by atoms with van der Waals surface area (Å²) in [5, 5.41) is 6.04. The molecule has 70 valence electrons. The van der Waals surface area contributed by atoms with Crippen LogP contribution < -0.4 is 10.6 Å². The number of nitrogens with one attached hydrogen (secondary N) is 2. The molecule has 0 aromatic rings. The Balaban J connectivity index is 2.62. The molecule has 0 spiro atoms. The first-order valence-corrected chi connectivity index (χ1v) is 4.54. The van der Waals surface area contributed by atoms with Gasteiger partial charge in [0.1, 0.15) is 0 Å². The monoisotopic (exact) mass is 170 g/mol. The number of carbonyl (C=O) groups is 1. The van der Waals surface area contributed by atoms with Crippen LogP contribution in [0.15, 0.2) is 0 Å².